The number of aliphatic hydroxyl groups is 1. The van der Waals surface area contributed by atoms with Gasteiger partial charge in [0.25, 0.3) is 0 Å². The summed E-state index contributed by atoms with van der Waals surface area (Å²) in [6, 6.07) is 0. The molecule has 122 valence electrons. The van der Waals surface area contributed by atoms with Crippen LogP contribution in [0.5, 0.6) is 0 Å². The topological polar surface area (TPSA) is 55.8 Å². The van der Waals surface area contributed by atoms with Crippen LogP contribution in [0.15, 0.2) is 0 Å². The molecule has 1 aliphatic carbocycles. The molecule has 0 aromatic carbocycles. The number of esters is 1. The molecule has 21 heavy (non-hydrogen) atoms. The second-order valence-corrected chi connectivity index (χ2v) is 6.49. The average Bonchev–Trinajstić information content (AvgIpc) is 3.08. The van der Waals surface area contributed by atoms with Crippen molar-refractivity contribution in [3.05, 3.63) is 0 Å². The summed E-state index contributed by atoms with van der Waals surface area (Å²) >= 11 is 0. The van der Waals surface area contributed by atoms with Gasteiger partial charge in [-0.25, -0.2) is 0 Å². The molecule has 3 rings (SSSR count). The summed E-state index contributed by atoms with van der Waals surface area (Å²) in [7, 11) is 0. The van der Waals surface area contributed by atoms with E-state index in [2.05, 4.69) is 6.92 Å². The Bertz CT molecular complexity index is 304. The monoisotopic (exact) mass is 298 g/mol. The smallest absolute Gasteiger partial charge is 0.306 e. The lowest BCUT2D eigenvalue weighted by atomic mass is 10.0. The van der Waals surface area contributed by atoms with Crippen molar-refractivity contribution in [2.75, 3.05) is 0 Å². The molecule has 0 spiro atoms. The van der Waals surface area contributed by atoms with Crippen molar-refractivity contribution in [3.8, 4) is 0 Å². The van der Waals surface area contributed by atoms with Gasteiger partial charge in [-0.1, -0.05) is 39.0 Å². The first-order chi connectivity index (χ1) is 10.2. The molecule has 0 amide bonds. The van der Waals surface area contributed by atoms with E-state index in [9.17, 15) is 9.90 Å². The number of carbonyl (C=O) groups excluding carboxylic acids is 1. The van der Waals surface area contributed by atoms with Crippen LogP contribution in [0, 0.1) is 0 Å². The van der Waals surface area contributed by atoms with Crippen molar-refractivity contribution in [3.63, 3.8) is 0 Å². The van der Waals surface area contributed by atoms with E-state index in [1.54, 1.807) is 0 Å². The fourth-order valence-corrected chi connectivity index (χ4v) is 3.29. The Balaban J connectivity index is 1.41. The molecule has 3 fully saturated rings. The SMILES string of the molecule is CCCCCC(O)CCCCCC(=O)OC1C2CCC1O2. The second kappa shape index (κ2) is 8.74. The normalized spacial score (nSPS) is 28.2. The molecule has 2 heterocycles. The van der Waals surface area contributed by atoms with Gasteiger partial charge in [0, 0.05) is 6.42 Å². The molecule has 1 saturated carbocycles. The van der Waals surface area contributed by atoms with Crippen LogP contribution < -0.4 is 0 Å². The van der Waals surface area contributed by atoms with Crippen molar-refractivity contribution in [2.24, 2.45) is 0 Å². The molecule has 0 aromatic rings. The van der Waals surface area contributed by atoms with Crippen LogP contribution in [-0.2, 0) is 14.3 Å². The Morgan fingerprint density at radius 2 is 1.81 bits per heavy atom. The molecule has 3 unspecified atom stereocenters. The van der Waals surface area contributed by atoms with E-state index >= 15 is 0 Å². The summed E-state index contributed by atoms with van der Waals surface area (Å²) in [5, 5.41) is 9.80. The highest BCUT2D eigenvalue weighted by Crippen LogP contribution is 2.39. The van der Waals surface area contributed by atoms with E-state index in [0.717, 1.165) is 51.4 Å². The van der Waals surface area contributed by atoms with Gasteiger partial charge in [-0.2, -0.15) is 0 Å². The van der Waals surface area contributed by atoms with Crippen molar-refractivity contribution in [1.29, 1.82) is 0 Å². The summed E-state index contributed by atoms with van der Waals surface area (Å²) in [6.45, 7) is 2.17. The lowest BCUT2D eigenvalue weighted by molar-refractivity contribution is -0.206. The molecule has 2 bridgehead atoms. The molecule has 0 radical (unpaired) electrons. The first-order valence-corrected chi connectivity index (χ1v) is 8.73. The van der Waals surface area contributed by atoms with Crippen LogP contribution >= 0.6 is 0 Å². The maximum Gasteiger partial charge on any atom is 0.306 e. The van der Waals surface area contributed by atoms with Crippen LogP contribution in [0.2, 0.25) is 0 Å². The Morgan fingerprint density at radius 3 is 2.43 bits per heavy atom. The number of hydrogen-bond acceptors (Lipinski definition) is 4. The Morgan fingerprint density at radius 1 is 1.14 bits per heavy atom. The Kier molecular flexibility index (Phi) is 6.97. The third kappa shape index (κ3) is 5.26. The number of fused-ring (bicyclic) bond motifs is 1. The fraction of sp³-hybridized carbons (Fsp3) is 0.941. The van der Waals surface area contributed by atoms with Gasteiger partial charge in [0.05, 0.1) is 18.3 Å². The predicted molar refractivity (Wildman–Crippen MR) is 81.0 cm³/mol. The van der Waals surface area contributed by atoms with E-state index in [0.29, 0.717) is 6.42 Å². The van der Waals surface area contributed by atoms with E-state index in [4.69, 9.17) is 9.47 Å². The van der Waals surface area contributed by atoms with Gasteiger partial charge in [0.1, 0.15) is 0 Å². The lowest BCUT2D eigenvalue weighted by Crippen LogP contribution is -2.48. The zero-order valence-corrected chi connectivity index (χ0v) is 13.3. The zero-order chi connectivity index (χ0) is 15.1. The summed E-state index contributed by atoms with van der Waals surface area (Å²) < 4.78 is 10.9. The van der Waals surface area contributed by atoms with E-state index < -0.39 is 0 Å². The summed E-state index contributed by atoms with van der Waals surface area (Å²) in [5.41, 5.74) is 0. The fourth-order valence-electron chi connectivity index (χ4n) is 3.29. The highest BCUT2D eigenvalue weighted by atomic mass is 16.6. The van der Waals surface area contributed by atoms with Gasteiger partial charge in [-0.05, 0) is 32.1 Å². The molecule has 1 N–H and O–H groups in total. The lowest BCUT2D eigenvalue weighted by Gasteiger charge is -2.35. The molecule has 4 heteroatoms. The number of unbranched alkanes of at least 4 members (excludes halogenated alkanes) is 4. The van der Waals surface area contributed by atoms with Gasteiger partial charge >= 0.3 is 5.97 Å². The summed E-state index contributed by atoms with van der Waals surface area (Å²) in [6.07, 6.45) is 11.0. The van der Waals surface area contributed by atoms with E-state index in [1.807, 2.05) is 0 Å². The zero-order valence-electron chi connectivity index (χ0n) is 13.3. The Hall–Kier alpha value is -0.610. The number of aliphatic hydroxyl groups excluding tert-OH is 1. The highest BCUT2D eigenvalue weighted by Gasteiger charge is 2.50. The summed E-state index contributed by atoms with van der Waals surface area (Å²) in [4.78, 5) is 11.7. The van der Waals surface area contributed by atoms with E-state index in [1.165, 1.54) is 12.8 Å². The maximum atomic E-state index is 11.7. The van der Waals surface area contributed by atoms with Crippen LogP contribution in [0.25, 0.3) is 0 Å². The predicted octanol–water partition coefficient (Wildman–Crippen LogP) is 3.35. The van der Waals surface area contributed by atoms with Crippen molar-refractivity contribution >= 4 is 5.97 Å². The molecular weight excluding hydrogens is 268 g/mol. The maximum absolute atomic E-state index is 11.7. The number of hydrogen-bond donors (Lipinski definition) is 1. The van der Waals surface area contributed by atoms with Crippen molar-refractivity contribution in [2.45, 2.75) is 102 Å². The molecule has 3 atom stereocenters. The molecule has 0 aromatic heterocycles. The quantitative estimate of drug-likeness (QED) is 0.469. The minimum atomic E-state index is -0.161. The molecule has 4 nitrogen and oxygen atoms in total. The number of carbonyl (C=O) groups is 1. The molecular formula is C17H30O4. The van der Waals surface area contributed by atoms with Gasteiger partial charge in [-0.3, -0.25) is 4.79 Å². The van der Waals surface area contributed by atoms with Gasteiger partial charge in [-0.15, -0.1) is 0 Å². The number of rotatable bonds is 11. The summed E-state index contributed by atoms with van der Waals surface area (Å²) in [5.74, 6) is -0.0799. The highest BCUT2D eigenvalue weighted by molar-refractivity contribution is 5.69. The van der Waals surface area contributed by atoms with Gasteiger partial charge in [0.15, 0.2) is 6.10 Å². The molecule has 3 aliphatic rings. The minimum Gasteiger partial charge on any atom is -0.457 e. The number of ether oxygens (including phenoxy) is 2. The van der Waals surface area contributed by atoms with E-state index in [-0.39, 0.29) is 30.4 Å². The Labute approximate surface area is 128 Å². The van der Waals surface area contributed by atoms with Crippen LogP contribution in [0.3, 0.4) is 0 Å². The van der Waals surface area contributed by atoms with Crippen molar-refractivity contribution < 1.29 is 19.4 Å². The van der Waals surface area contributed by atoms with Crippen LogP contribution in [-0.4, -0.2) is 35.5 Å². The first-order valence-electron chi connectivity index (χ1n) is 8.73. The third-order valence-electron chi connectivity index (χ3n) is 4.64. The molecule has 2 saturated heterocycles. The van der Waals surface area contributed by atoms with Gasteiger partial charge in [0.2, 0.25) is 0 Å². The largest absolute Gasteiger partial charge is 0.457 e. The first kappa shape index (κ1) is 16.8. The second-order valence-electron chi connectivity index (χ2n) is 6.49. The van der Waals surface area contributed by atoms with Crippen molar-refractivity contribution in [1.82, 2.24) is 0 Å². The minimum absolute atomic E-state index is 0.0397. The van der Waals surface area contributed by atoms with Gasteiger partial charge < -0.3 is 14.6 Å². The standard InChI is InChI=1S/C17H30O4/c1-2-3-5-8-13(18)9-6-4-7-10-16(19)21-17-14-11-12-15(17)20-14/h13-15,17-18H,2-12H2,1H3. The van der Waals surface area contributed by atoms with Crippen LogP contribution in [0.4, 0.5) is 0 Å². The van der Waals surface area contributed by atoms with Crippen LogP contribution in [0.1, 0.15) is 77.6 Å². The average molecular weight is 298 g/mol. The molecule has 2 aliphatic heterocycles. The third-order valence-corrected chi connectivity index (χ3v) is 4.64.